The number of aromatic nitrogens is 4. The van der Waals surface area contributed by atoms with E-state index in [2.05, 4.69) is 20.5 Å². The van der Waals surface area contributed by atoms with Crippen molar-refractivity contribution in [2.24, 2.45) is 0 Å². The number of amides is 1. The predicted molar refractivity (Wildman–Crippen MR) is 99.7 cm³/mol. The number of fused-ring (bicyclic) bond motifs is 2. The third-order valence-electron chi connectivity index (χ3n) is 4.18. The Bertz CT molecular complexity index is 1120. The summed E-state index contributed by atoms with van der Waals surface area (Å²) >= 11 is 1.55. The van der Waals surface area contributed by atoms with E-state index in [1.54, 1.807) is 35.6 Å². The smallest absolute Gasteiger partial charge is 0.272 e. The fourth-order valence-corrected chi connectivity index (χ4v) is 3.52. The Morgan fingerprint density at radius 1 is 1.32 bits per heavy atom. The van der Waals surface area contributed by atoms with Gasteiger partial charge in [0, 0.05) is 23.8 Å². The number of thiazole rings is 1. The molecule has 4 heterocycles. The molecule has 0 unspecified atom stereocenters. The molecule has 0 saturated heterocycles. The van der Waals surface area contributed by atoms with Gasteiger partial charge in [0.1, 0.15) is 18.1 Å². The second-order valence-corrected chi connectivity index (χ2v) is 6.96. The number of carbonyl (C=O) groups is 1. The zero-order chi connectivity index (χ0) is 18.9. The molecule has 1 aromatic carbocycles. The number of hydrogen-bond acceptors (Lipinski definition) is 7. The van der Waals surface area contributed by atoms with Gasteiger partial charge >= 0.3 is 0 Å². The van der Waals surface area contributed by atoms with E-state index in [4.69, 9.17) is 14.2 Å². The highest BCUT2D eigenvalue weighted by molar-refractivity contribution is 7.15. The summed E-state index contributed by atoms with van der Waals surface area (Å²) in [6.07, 6.45) is 3.82. The Labute approximate surface area is 162 Å². The Hall–Kier alpha value is -3.53. The van der Waals surface area contributed by atoms with Gasteiger partial charge in [0.05, 0.1) is 17.9 Å². The lowest BCUT2D eigenvalue weighted by Crippen LogP contribution is -2.23. The van der Waals surface area contributed by atoms with Crippen LogP contribution in [0.5, 0.6) is 17.2 Å². The van der Waals surface area contributed by atoms with Gasteiger partial charge in [0.25, 0.3) is 5.91 Å². The van der Waals surface area contributed by atoms with Crippen molar-refractivity contribution in [2.45, 2.75) is 13.2 Å². The quantitative estimate of drug-likeness (QED) is 0.518. The summed E-state index contributed by atoms with van der Waals surface area (Å²) in [4.78, 5) is 17.6. The molecular weight excluding hydrogens is 382 g/mol. The molecule has 0 radical (unpaired) electrons. The second kappa shape index (κ2) is 6.89. The number of nitrogens with one attached hydrogen (secondary N) is 2. The first-order valence-electron chi connectivity index (χ1n) is 8.50. The van der Waals surface area contributed by atoms with Crippen LogP contribution in [0.2, 0.25) is 0 Å². The van der Waals surface area contributed by atoms with Gasteiger partial charge in [-0.1, -0.05) is 0 Å². The Morgan fingerprint density at radius 3 is 3.18 bits per heavy atom. The summed E-state index contributed by atoms with van der Waals surface area (Å²) in [5, 5.41) is 11.6. The van der Waals surface area contributed by atoms with E-state index >= 15 is 0 Å². The van der Waals surface area contributed by atoms with E-state index in [1.165, 1.54) is 0 Å². The summed E-state index contributed by atoms with van der Waals surface area (Å²) in [6.45, 7) is 0.801. The van der Waals surface area contributed by atoms with Gasteiger partial charge in [0.2, 0.25) is 6.79 Å². The zero-order valence-electron chi connectivity index (χ0n) is 14.5. The molecule has 0 bridgehead atoms. The number of ether oxygens (including phenoxy) is 3. The lowest BCUT2D eigenvalue weighted by Gasteiger charge is -2.05. The lowest BCUT2D eigenvalue weighted by atomic mass is 10.3. The van der Waals surface area contributed by atoms with Gasteiger partial charge in [-0.25, -0.2) is 4.98 Å². The lowest BCUT2D eigenvalue weighted by molar-refractivity contribution is 0.0945. The molecule has 9 nitrogen and oxygen atoms in total. The average molecular weight is 397 g/mol. The maximum atomic E-state index is 12.3. The fourth-order valence-electron chi connectivity index (χ4n) is 2.80. The maximum absolute atomic E-state index is 12.3. The molecule has 142 valence electrons. The number of aromatic amines is 1. The Balaban J connectivity index is 1.17. The number of rotatable bonds is 6. The highest BCUT2D eigenvalue weighted by atomic mass is 32.1. The zero-order valence-corrected chi connectivity index (χ0v) is 15.4. The maximum Gasteiger partial charge on any atom is 0.272 e. The minimum atomic E-state index is -0.276. The standard InChI is InChI=1S/C18H15N5O4S/c24-17(19-7-12-8-23-3-4-28-18(23)20-12)14-5-11(21-22-14)9-25-13-1-2-15-16(6-13)27-10-26-15/h1-6,8H,7,9-10H2,(H,19,24)(H,21,22). The summed E-state index contributed by atoms with van der Waals surface area (Å²) in [5.41, 5.74) is 1.78. The SMILES string of the molecule is O=C(NCc1cn2ccsc2n1)c1cc(COc2ccc3c(c2)OCO3)[nH]n1. The van der Waals surface area contributed by atoms with Crippen molar-refractivity contribution in [2.75, 3.05) is 6.79 Å². The fraction of sp³-hybridized carbons (Fsp3) is 0.167. The van der Waals surface area contributed by atoms with Crippen molar-refractivity contribution in [1.29, 1.82) is 0 Å². The highest BCUT2D eigenvalue weighted by Gasteiger charge is 2.15. The molecule has 4 aromatic rings. The molecule has 1 amide bonds. The van der Waals surface area contributed by atoms with E-state index in [0.29, 0.717) is 35.2 Å². The highest BCUT2D eigenvalue weighted by Crippen LogP contribution is 2.35. The van der Waals surface area contributed by atoms with Crippen molar-refractivity contribution in [1.82, 2.24) is 24.9 Å². The van der Waals surface area contributed by atoms with E-state index in [0.717, 1.165) is 10.7 Å². The van der Waals surface area contributed by atoms with Gasteiger partial charge in [-0.2, -0.15) is 5.10 Å². The van der Waals surface area contributed by atoms with E-state index < -0.39 is 0 Å². The predicted octanol–water partition coefficient (Wildman–Crippen LogP) is 2.36. The molecule has 1 aliphatic heterocycles. The molecule has 5 rings (SSSR count). The van der Waals surface area contributed by atoms with Crippen LogP contribution in [0.3, 0.4) is 0 Å². The van der Waals surface area contributed by atoms with Crippen molar-refractivity contribution in [3.63, 3.8) is 0 Å². The van der Waals surface area contributed by atoms with Crippen LogP contribution in [-0.4, -0.2) is 32.3 Å². The first-order chi connectivity index (χ1) is 13.7. The van der Waals surface area contributed by atoms with Gasteiger partial charge in [-0.15, -0.1) is 11.3 Å². The van der Waals surface area contributed by atoms with Gasteiger partial charge < -0.3 is 19.5 Å². The largest absolute Gasteiger partial charge is 0.487 e. The van der Waals surface area contributed by atoms with Crippen LogP contribution in [0.25, 0.3) is 4.96 Å². The Morgan fingerprint density at radius 2 is 2.25 bits per heavy atom. The van der Waals surface area contributed by atoms with Crippen LogP contribution >= 0.6 is 11.3 Å². The second-order valence-electron chi connectivity index (χ2n) is 6.09. The number of H-pyrrole nitrogens is 1. The molecule has 1 aliphatic rings. The number of imidazole rings is 1. The Kier molecular flexibility index (Phi) is 4.09. The number of benzene rings is 1. The molecule has 3 aromatic heterocycles. The first kappa shape index (κ1) is 16.6. The van der Waals surface area contributed by atoms with E-state index in [-0.39, 0.29) is 19.3 Å². The summed E-state index contributed by atoms with van der Waals surface area (Å²) in [6, 6.07) is 7.02. The monoisotopic (exact) mass is 397 g/mol. The average Bonchev–Trinajstić information content (AvgIpc) is 3.47. The van der Waals surface area contributed by atoms with E-state index in [1.807, 2.05) is 22.2 Å². The first-order valence-corrected chi connectivity index (χ1v) is 9.38. The summed E-state index contributed by atoms with van der Waals surface area (Å²) in [7, 11) is 0. The van der Waals surface area contributed by atoms with Crippen LogP contribution in [0.1, 0.15) is 21.9 Å². The molecule has 2 N–H and O–H groups in total. The third-order valence-corrected chi connectivity index (χ3v) is 4.95. The summed E-state index contributed by atoms with van der Waals surface area (Å²) in [5.74, 6) is 1.72. The molecule has 0 aliphatic carbocycles. The van der Waals surface area contributed by atoms with Gasteiger partial charge in [0.15, 0.2) is 16.5 Å². The number of hydrogen-bond donors (Lipinski definition) is 2. The van der Waals surface area contributed by atoms with Crippen LogP contribution in [0.4, 0.5) is 0 Å². The number of nitrogens with zero attached hydrogens (tertiary/aromatic N) is 3. The minimum absolute atomic E-state index is 0.217. The van der Waals surface area contributed by atoms with Crippen LogP contribution < -0.4 is 19.5 Å². The molecule has 0 atom stereocenters. The van der Waals surface area contributed by atoms with Gasteiger partial charge in [-0.05, 0) is 18.2 Å². The van der Waals surface area contributed by atoms with Crippen molar-refractivity contribution in [3.8, 4) is 17.2 Å². The normalized spacial score (nSPS) is 12.4. The molecule has 28 heavy (non-hydrogen) atoms. The topological polar surface area (TPSA) is 103 Å². The summed E-state index contributed by atoms with van der Waals surface area (Å²) < 4.78 is 18.2. The third kappa shape index (κ3) is 3.25. The van der Waals surface area contributed by atoms with Crippen LogP contribution in [0.15, 0.2) is 42.0 Å². The van der Waals surface area contributed by atoms with E-state index in [9.17, 15) is 4.79 Å². The number of carbonyl (C=O) groups excluding carboxylic acids is 1. The molecule has 0 fully saturated rings. The van der Waals surface area contributed by atoms with Crippen molar-refractivity contribution in [3.05, 3.63) is 59.1 Å². The molecule has 0 saturated carbocycles. The van der Waals surface area contributed by atoms with Crippen molar-refractivity contribution >= 4 is 22.2 Å². The van der Waals surface area contributed by atoms with Crippen molar-refractivity contribution < 1.29 is 19.0 Å². The molecule has 0 spiro atoms. The minimum Gasteiger partial charge on any atom is -0.487 e. The molecule has 10 heteroatoms. The van der Waals surface area contributed by atoms with Crippen LogP contribution in [-0.2, 0) is 13.2 Å². The van der Waals surface area contributed by atoms with Crippen LogP contribution in [0, 0.1) is 0 Å². The molecular formula is C18H15N5O4S. The van der Waals surface area contributed by atoms with Gasteiger partial charge in [-0.3, -0.25) is 14.3 Å².